The highest BCUT2D eigenvalue weighted by Crippen LogP contribution is 2.36. The summed E-state index contributed by atoms with van der Waals surface area (Å²) >= 11 is 1.58. The molecule has 0 fully saturated rings. The van der Waals surface area contributed by atoms with Crippen LogP contribution >= 0.6 is 11.3 Å². The fraction of sp³-hybridized carbons (Fsp3) is 0.600. The van der Waals surface area contributed by atoms with Crippen molar-refractivity contribution in [3.63, 3.8) is 0 Å². The van der Waals surface area contributed by atoms with Crippen molar-refractivity contribution in [1.82, 2.24) is 15.3 Å². The number of H-pyrrole nitrogens is 1. The van der Waals surface area contributed by atoms with Gasteiger partial charge < -0.3 is 15.0 Å². The Labute approximate surface area is 127 Å². The highest BCUT2D eigenvalue weighted by Gasteiger charge is 2.30. The van der Waals surface area contributed by atoms with E-state index in [1.807, 2.05) is 0 Å². The molecule has 2 aromatic rings. The number of hydrogen-bond donors (Lipinski definition) is 2. The smallest absolute Gasteiger partial charge is 0.259 e. The first-order chi connectivity index (χ1) is 9.85. The molecule has 114 valence electrons. The van der Waals surface area contributed by atoms with E-state index in [0.29, 0.717) is 25.0 Å². The van der Waals surface area contributed by atoms with Crippen molar-refractivity contribution < 1.29 is 4.74 Å². The van der Waals surface area contributed by atoms with Gasteiger partial charge >= 0.3 is 0 Å². The Hall–Kier alpha value is -1.24. The number of nitrogens with zero attached hydrogens (tertiary/aromatic N) is 1. The van der Waals surface area contributed by atoms with Crippen LogP contribution in [0.3, 0.4) is 0 Å². The molecule has 2 N–H and O–H groups in total. The Bertz CT molecular complexity index is 730. The lowest BCUT2D eigenvalue weighted by Crippen LogP contribution is -2.31. The molecule has 0 saturated carbocycles. The zero-order valence-corrected chi connectivity index (χ0v) is 13.7. The molecule has 0 bridgehead atoms. The summed E-state index contributed by atoms with van der Waals surface area (Å²) < 4.78 is 5.83. The number of fused-ring (bicyclic) bond motifs is 3. The first-order valence-corrected chi connectivity index (χ1v) is 8.08. The van der Waals surface area contributed by atoms with Crippen molar-refractivity contribution in [2.45, 2.75) is 58.9 Å². The summed E-state index contributed by atoms with van der Waals surface area (Å²) in [5, 5.41) is 4.03. The van der Waals surface area contributed by atoms with Crippen molar-refractivity contribution in [2.75, 3.05) is 0 Å². The average molecular weight is 307 g/mol. The van der Waals surface area contributed by atoms with Gasteiger partial charge in [-0.15, -0.1) is 11.3 Å². The second kappa shape index (κ2) is 5.19. The monoisotopic (exact) mass is 307 g/mol. The molecule has 1 aliphatic heterocycles. The largest absolute Gasteiger partial charge is 0.370 e. The molecular formula is C15H21N3O2S. The number of thiophene rings is 1. The van der Waals surface area contributed by atoms with Gasteiger partial charge in [0.25, 0.3) is 5.56 Å². The summed E-state index contributed by atoms with van der Waals surface area (Å²) in [6.07, 6.45) is 0.761. The third-order valence-corrected chi connectivity index (χ3v) is 4.77. The van der Waals surface area contributed by atoms with Crippen LogP contribution in [0.5, 0.6) is 0 Å². The maximum Gasteiger partial charge on any atom is 0.259 e. The molecule has 0 radical (unpaired) electrons. The second-order valence-corrected chi connectivity index (χ2v) is 7.54. The Morgan fingerprint density at radius 2 is 2.24 bits per heavy atom. The van der Waals surface area contributed by atoms with Gasteiger partial charge in [-0.25, -0.2) is 4.98 Å². The van der Waals surface area contributed by atoms with E-state index in [-0.39, 0.29) is 11.2 Å². The molecule has 3 rings (SSSR count). The molecule has 0 aliphatic carbocycles. The van der Waals surface area contributed by atoms with Crippen molar-refractivity contribution in [3.05, 3.63) is 26.6 Å². The van der Waals surface area contributed by atoms with E-state index in [9.17, 15) is 4.79 Å². The lowest BCUT2D eigenvalue weighted by atomic mass is 9.94. The molecule has 3 heterocycles. The van der Waals surface area contributed by atoms with Crippen LogP contribution in [-0.4, -0.2) is 21.6 Å². The predicted octanol–water partition coefficient (Wildman–Crippen LogP) is 2.33. The Morgan fingerprint density at radius 1 is 1.48 bits per heavy atom. The summed E-state index contributed by atoms with van der Waals surface area (Å²) in [6, 6.07) is 0.358. The van der Waals surface area contributed by atoms with Crippen LogP contribution in [0.2, 0.25) is 0 Å². The molecule has 2 aromatic heterocycles. The first kappa shape index (κ1) is 14.7. The van der Waals surface area contributed by atoms with Gasteiger partial charge in [-0.3, -0.25) is 4.79 Å². The van der Waals surface area contributed by atoms with Crippen LogP contribution in [0, 0.1) is 0 Å². The predicted molar refractivity (Wildman–Crippen MR) is 84.8 cm³/mol. The fourth-order valence-electron chi connectivity index (χ4n) is 2.58. The number of aromatic amines is 1. The molecule has 21 heavy (non-hydrogen) atoms. The number of aromatic nitrogens is 2. The zero-order chi connectivity index (χ0) is 15.2. The van der Waals surface area contributed by atoms with Gasteiger partial charge in [0.2, 0.25) is 0 Å². The number of rotatable bonds is 3. The van der Waals surface area contributed by atoms with E-state index in [0.717, 1.165) is 27.1 Å². The van der Waals surface area contributed by atoms with Crippen molar-refractivity contribution in [2.24, 2.45) is 0 Å². The third-order valence-electron chi connectivity index (χ3n) is 3.67. The maximum atomic E-state index is 12.4. The third kappa shape index (κ3) is 2.88. The Morgan fingerprint density at radius 3 is 2.95 bits per heavy atom. The van der Waals surface area contributed by atoms with Gasteiger partial charge in [-0.1, -0.05) is 13.8 Å². The van der Waals surface area contributed by atoms with Crippen LogP contribution in [0.25, 0.3) is 10.2 Å². The Kier molecular flexibility index (Phi) is 3.63. The molecule has 0 amide bonds. The van der Waals surface area contributed by atoms with E-state index in [2.05, 4.69) is 43.0 Å². The second-order valence-electron chi connectivity index (χ2n) is 6.46. The van der Waals surface area contributed by atoms with Crippen LogP contribution in [-0.2, 0) is 24.3 Å². The van der Waals surface area contributed by atoms with E-state index in [1.54, 1.807) is 11.3 Å². The maximum absolute atomic E-state index is 12.4. The molecule has 1 aliphatic rings. The summed E-state index contributed by atoms with van der Waals surface area (Å²) in [6.45, 7) is 9.40. The Balaban J connectivity index is 2.04. The number of hydrogen-bond acceptors (Lipinski definition) is 5. The minimum Gasteiger partial charge on any atom is -0.370 e. The minimum atomic E-state index is -0.217. The van der Waals surface area contributed by atoms with Gasteiger partial charge in [-0.2, -0.15) is 0 Å². The van der Waals surface area contributed by atoms with Crippen LogP contribution in [0.1, 0.15) is 44.0 Å². The van der Waals surface area contributed by atoms with Gasteiger partial charge in [0.05, 0.1) is 24.1 Å². The summed E-state index contributed by atoms with van der Waals surface area (Å²) in [5.74, 6) is 0.694. The number of ether oxygens (including phenoxy) is 1. The molecule has 0 spiro atoms. The molecule has 0 unspecified atom stereocenters. The van der Waals surface area contributed by atoms with E-state index >= 15 is 0 Å². The topological polar surface area (TPSA) is 67.0 Å². The SMILES string of the molecule is CC(C)NCc1nc2sc3c(c2c(=O)[nH]1)CC(C)(C)OC3. The first-order valence-electron chi connectivity index (χ1n) is 7.26. The molecule has 6 heteroatoms. The van der Waals surface area contributed by atoms with E-state index < -0.39 is 0 Å². The normalized spacial score (nSPS) is 17.4. The summed E-state index contributed by atoms with van der Waals surface area (Å²) in [4.78, 5) is 21.9. The quantitative estimate of drug-likeness (QED) is 0.913. The van der Waals surface area contributed by atoms with Crippen molar-refractivity contribution in [1.29, 1.82) is 0 Å². The van der Waals surface area contributed by atoms with Gasteiger partial charge in [-0.05, 0) is 19.4 Å². The molecule has 0 atom stereocenters. The van der Waals surface area contributed by atoms with Crippen molar-refractivity contribution >= 4 is 21.6 Å². The van der Waals surface area contributed by atoms with E-state index in [4.69, 9.17) is 4.74 Å². The van der Waals surface area contributed by atoms with Gasteiger partial charge in [0.1, 0.15) is 10.7 Å². The van der Waals surface area contributed by atoms with Crippen LogP contribution < -0.4 is 10.9 Å². The summed E-state index contributed by atoms with van der Waals surface area (Å²) in [5.41, 5.74) is 0.866. The highest BCUT2D eigenvalue weighted by atomic mass is 32.1. The fourth-order valence-corrected chi connectivity index (χ4v) is 3.70. The average Bonchev–Trinajstić information content (AvgIpc) is 2.73. The van der Waals surface area contributed by atoms with Crippen molar-refractivity contribution in [3.8, 4) is 0 Å². The molecule has 0 aromatic carbocycles. The lowest BCUT2D eigenvalue weighted by molar-refractivity contribution is -0.0379. The van der Waals surface area contributed by atoms with Crippen LogP contribution in [0.15, 0.2) is 4.79 Å². The van der Waals surface area contributed by atoms with E-state index in [1.165, 1.54) is 0 Å². The number of nitrogens with one attached hydrogen (secondary N) is 2. The highest BCUT2D eigenvalue weighted by molar-refractivity contribution is 7.18. The van der Waals surface area contributed by atoms with Crippen LogP contribution in [0.4, 0.5) is 0 Å². The summed E-state index contributed by atoms with van der Waals surface area (Å²) in [7, 11) is 0. The lowest BCUT2D eigenvalue weighted by Gasteiger charge is -2.29. The molecule has 5 nitrogen and oxygen atoms in total. The zero-order valence-electron chi connectivity index (χ0n) is 12.9. The molecule has 0 saturated heterocycles. The minimum absolute atomic E-state index is 0.0317. The molecular weight excluding hydrogens is 286 g/mol. The standard InChI is InChI=1S/C15H21N3O2S/c1-8(2)16-6-11-17-13(19)12-9-5-15(3,4)20-7-10(9)21-14(12)18-11/h8,16H,5-7H2,1-4H3,(H,17,18,19). The van der Waals surface area contributed by atoms with Gasteiger partial charge in [0, 0.05) is 17.3 Å². The van der Waals surface area contributed by atoms with Gasteiger partial charge in [0.15, 0.2) is 0 Å².